The van der Waals surface area contributed by atoms with Crippen molar-refractivity contribution in [2.45, 2.75) is 38.2 Å². The summed E-state index contributed by atoms with van der Waals surface area (Å²) in [6.07, 6.45) is 5.63. The van der Waals surface area contributed by atoms with Crippen LogP contribution in [0.2, 0.25) is 0 Å². The Morgan fingerprint density at radius 2 is 1.95 bits per heavy atom. The summed E-state index contributed by atoms with van der Waals surface area (Å²) in [6.45, 7) is 4.50. The van der Waals surface area contributed by atoms with E-state index in [1.54, 1.807) is 6.07 Å². The number of aromatic nitrogens is 1. The number of para-hydroxylation sites is 1. The van der Waals surface area contributed by atoms with Gasteiger partial charge in [-0.15, -0.1) is 0 Å². The number of aryl methyl sites for hydroxylation is 1. The molecule has 198 valence electrons. The summed E-state index contributed by atoms with van der Waals surface area (Å²) >= 11 is 0. The number of aromatic amines is 1. The topological polar surface area (TPSA) is 91.5 Å². The van der Waals surface area contributed by atoms with E-state index in [1.807, 2.05) is 37.3 Å². The molecule has 0 bridgehead atoms. The zero-order valence-corrected chi connectivity index (χ0v) is 21.1. The Bertz CT molecular complexity index is 1410. The second kappa shape index (κ2) is 11.0. The number of hydrogen-bond acceptors (Lipinski definition) is 5. The highest BCUT2D eigenvalue weighted by Crippen LogP contribution is 2.30. The van der Waals surface area contributed by atoms with Crippen LogP contribution in [0.5, 0.6) is 5.75 Å². The number of H-pyrrole nitrogens is 1. The van der Waals surface area contributed by atoms with Crippen molar-refractivity contribution in [1.82, 2.24) is 15.2 Å². The SMILES string of the molecule is Cc1[nH]c2ccccc2c1/C=C\C(=O)NCCCCN1CCc2ccc(OS(=O)(=O)C(F)(F)F)cc2C1. The number of nitrogens with one attached hydrogen (secondary N) is 2. The van der Waals surface area contributed by atoms with E-state index in [2.05, 4.69) is 19.4 Å². The van der Waals surface area contributed by atoms with Crippen LogP contribution >= 0.6 is 0 Å². The van der Waals surface area contributed by atoms with E-state index < -0.39 is 15.6 Å². The summed E-state index contributed by atoms with van der Waals surface area (Å²) in [5.74, 6) is -0.519. The van der Waals surface area contributed by atoms with Crippen molar-refractivity contribution in [3.63, 3.8) is 0 Å². The molecule has 0 saturated heterocycles. The van der Waals surface area contributed by atoms with Crippen molar-refractivity contribution < 1.29 is 30.6 Å². The van der Waals surface area contributed by atoms with E-state index in [4.69, 9.17) is 0 Å². The minimum atomic E-state index is -5.70. The van der Waals surface area contributed by atoms with E-state index in [-0.39, 0.29) is 11.7 Å². The van der Waals surface area contributed by atoms with Crippen LogP contribution in [0.25, 0.3) is 17.0 Å². The number of carbonyl (C=O) groups excluding carboxylic acids is 1. The number of rotatable bonds is 9. The molecule has 0 fully saturated rings. The average molecular weight is 536 g/mol. The maximum atomic E-state index is 12.6. The standard InChI is InChI=1S/C26H28F3N3O4S/c1-18-22(23-6-2-3-7-24(23)31-18)10-11-25(33)30-13-4-5-14-32-15-12-19-8-9-21(16-20(19)17-32)36-37(34,35)26(27,28)29/h2-3,6-11,16,31H,4-5,12-15,17H2,1H3,(H,30,33)/b11-10-. The molecule has 2 aromatic carbocycles. The maximum absolute atomic E-state index is 12.6. The molecule has 0 radical (unpaired) electrons. The smallest absolute Gasteiger partial charge is 0.376 e. The number of nitrogens with zero attached hydrogens (tertiary/aromatic N) is 1. The first kappa shape index (κ1) is 26.7. The van der Waals surface area contributed by atoms with Gasteiger partial charge in [-0.2, -0.15) is 21.6 Å². The van der Waals surface area contributed by atoms with Crippen LogP contribution in [0.1, 0.15) is 35.2 Å². The number of unbranched alkanes of at least 4 members (excludes halogenated alkanes) is 1. The zero-order chi connectivity index (χ0) is 26.6. The summed E-state index contributed by atoms with van der Waals surface area (Å²) in [7, 11) is -5.70. The molecule has 2 heterocycles. The molecule has 0 spiro atoms. The van der Waals surface area contributed by atoms with Crippen molar-refractivity contribution >= 4 is 33.0 Å². The third-order valence-electron chi connectivity index (χ3n) is 6.30. The first-order valence-electron chi connectivity index (χ1n) is 11.9. The number of alkyl halides is 3. The average Bonchev–Trinajstić information content (AvgIpc) is 3.16. The molecule has 1 aromatic heterocycles. The molecule has 3 aromatic rings. The lowest BCUT2D eigenvalue weighted by Gasteiger charge is -2.29. The van der Waals surface area contributed by atoms with Crippen molar-refractivity contribution in [2.75, 3.05) is 19.6 Å². The predicted octanol–water partition coefficient (Wildman–Crippen LogP) is 4.67. The molecule has 7 nitrogen and oxygen atoms in total. The Morgan fingerprint density at radius 3 is 2.73 bits per heavy atom. The van der Waals surface area contributed by atoms with Gasteiger partial charge in [-0.05, 0) is 68.1 Å². The van der Waals surface area contributed by atoms with Crippen LogP contribution in [-0.4, -0.2) is 49.4 Å². The van der Waals surface area contributed by atoms with E-state index in [0.29, 0.717) is 19.5 Å². The fourth-order valence-electron chi connectivity index (χ4n) is 4.41. The molecule has 0 atom stereocenters. The van der Waals surface area contributed by atoms with Gasteiger partial charge in [-0.3, -0.25) is 9.69 Å². The zero-order valence-electron chi connectivity index (χ0n) is 20.3. The highest BCUT2D eigenvalue weighted by Gasteiger charge is 2.48. The molecule has 0 aliphatic carbocycles. The second-order valence-electron chi connectivity index (χ2n) is 8.98. The molecule has 37 heavy (non-hydrogen) atoms. The summed E-state index contributed by atoms with van der Waals surface area (Å²) in [4.78, 5) is 17.7. The minimum absolute atomic E-state index is 0.169. The van der Waals surface area contributed by atoms with Crippen LogP contribution < -0.4 is 9.50 Å². The number of amides is 1. The second-order valence-corrected chi connectivity index (χ2v) is 10.5. The Labute approximate surface area is 213 Å². The molecule has 0 saturated carbocycles. The fraction of sp³-hybridized carbons (Fsp3) is 0.346. The lowest BCUT2D eigenvalue weighted by Crippen LogP contribution is -2.32. The Balaban J connectivity index is 1.22. The van der Waals surface area contributed by atoms with E-state index in [9.17, 15) is 26.4 Å². The molecule has 0 unspecified atom stereocenters. The van der Waals surface area contributed by atoms with Gasteiger partial charge in [-0.1, -0.05) is 24.3 Å². The normalized spacial score (nSPS) is 14.7. The van der Waals surface area contributed by atoms with Gasteiger partial charge in [0.05, 0.1) is 0 Å². The maximum Gasteiger partial charge on any atom is 0.534 e. The molecule has 1 aliphatic heterocycles. The van der Waals surface area contributed by atoms with Crippen LogP contribution in [0.15, 0.2) is 48.5 Å². The molecule has 11 heteroatoms. The van der Waals surface area contributed by atoms with Gasteiger partial charge in [0, 0.05) is 47.9 Å². The van der Waals surface area contributed by atoms with Gasteiger partial charge in [0.2, 0.25) is 5.91 Å². The highest BCUT2D eigenvalue weighted by molar-refractivity contribution is 7.88. The minimum Gasteiger partial charge on any atom is -0.376 e. The Morgan fingerprint density at radius 1 is 1.16 bits per heavy atom. The fourth-order valence-corrected chi connectivity index (χ4v) is 4.86. The van der Waals surface area contributed by atoms with Gasteiger partial charge in [0.25, 0.3) is 0 Å². The quantitative estimate of drug-likeness (QED) is 0.180. The van der Waals surface area contributed by atoms with Gasteiger partial charge >= 0.3 is 15.6 Å². The van der Waals surface area contributed by atoms with Crippen LogP contribution in [0, 0.1) is 6.92 Å². The van der Waals surface area contributed by atoms with Gasteiger partial charge < -0.3 is 14.5 Å². The lowest BCUT2D eigenvalue weighted by molar-refractivity contribution is -0.116. The molecule has 1 amide bonds. The van der Waals surface area contributed by atoms with Crippen LogP contribution in [0.3, 0.4) is 0 Å². The molecule has 1 aliphatic rings. The van der Waals surface area contributed by atoms with E-state index in [1.165, 1.54) is 18.2 Å². The Kier molecular flexibility index (Phi) is 7.93. The first-order valence-corrected chi connectivity index (χ1v) is 13.3. The third-order valence-corrected chi connectivity index (χ3v) is 7.28. The predicted molar refractivity (Wildman–Crippen MR) is 135 cm³/mol. The van der Waals surface area contributed by atoms with Crippen LogP contribution in [0.4, 0.5) is 13.2 Å². The summed E-state index contributed by atoms with van der Waals surface area (Å²) in [5, 5.41) is 3.95. The van der Waals surface area contributed by atoms with Gasteiger partial charge in [0.15, 0.2) is 0 Å². The number of halogens is 3. The summed E-state index contributed by atoms with van der Waals surface area (Å²) < 4.78 is 64.6. The largest absolute Gasteiger partial charge is 0.534 e. The summed E-state index contributed by atoms with van der Waals surface area (Å²) in [6, 6.07) is 12.1. The monoisotopic (exact) mass is 535 g/mol. The number of carbonyl (C=O) groups is 1. The molecular weight excluding hydrogens is 507 g/mol. The molecular formula is C26H28F3N3O4S. The number of fused-ring (bicyclic) bond motifs is 2. The van der Waals surface area contributed by atoms with Crippen molar-refractivity contribution in [2.24, 2.45) is 0 Å². The van der Waals surface area contributed by atoms with Gasteiger partial charge in [-0.25, -0.2) is 0 Å². The van der Waals surface area contributed by atoms with Crippen LogP contribution in [-0.2, 0) is 27.9 Å². The number of benzene rings is 2. The lowest BCUT2D eigenvalue weighted by atomic mass is 9.99. The van der Waals surface area contributed by atoms with E-state index >= 15 is 0 Å². The third kappa shape index (κ3) is 6.53. The summed E-state index contributed by atoms with van der Waals surface area (Å²) in [5.41, 5.74) is -0.773. The highest BCUT2D eigenvalue weighted by atomic mass is 32.2. The molecule has 2 N–H and O–H groups in total. The van der Waals surface area contributed by atoms with Gasteiger partial charge in [0.1, 0.15) is 5.75 Å². The first-order chi connectivity index (χ1) is 17.5. The Hall–Kier alpha value is -3.31. The van der Waals surface area contributed by atoms with Crippen molar-refractivity contribution in [3.8, 4) is 5.75 Å². The van der Waals surface area contributed by atoms with E-state index in [0.717, 1.165) is 59.2 Å². The van der Waals surface area contributed by atoms with Crippen molar-refractivity contribution in [1.29, 1.82) is 0 Å². The molecule has 4 rings (SSSR count). The number of hydrogen-bond donors (Lipinski definition) is 2. The van der Waals surface area contributed by atoms with Crippen molar-refractivity contribution in [3.05, 3.63) is 70.9 Å².